The topological polar surface area (TPSA) is 23.9 Å². The van der Waals surface area contributed by atoms with Crippen LogP contribution in [0.15, 0.2) is 0 Å². The van der Waals surface area contributed by atoms with Gasteiger partial charge in [0.2, 0.25) is 0 Å². The van der Waals surface area contributed by atoms with E-state index in [-0.39, 0.29) is 0 Å². The standard InChI is InChI=1S/C10H20ClN/c1-3-6-9(2)7-4-5-8-10(11)12/h9,12H,3-8H2,1-2H3. The maximum absolute atomic E-state index is 7.03. The van der Waals surface area contributed by atoms with Crippen LogP contribution >= 0.6 is 11.6 Å². The van der Waals surface area contributed by atoms with Crippen molar-refractivity contribution in [2.24, 2.45) is 5.92 Å². The summed E-state index contributed by atoms with van der Waals surface area (Å²) < 4.78 is 0. The van der Waals surface area contributed by atoms with Crippen molar-refractivity contribution in [1.82, 2.24) is 0 Å². The first-order valence-corrected chi connectivity index (χ1v) is 5.27. The number of hydrogen-bond donors (Lipinski definition) is 1. The van der Waals surface area contributed by atoms with Crippen LogP contribution in [-0.4, -0.2) is 5.17 Å². The van der Waals surface area contributed by atoms with Gasteiger partial charge in [-0.1, -0.05) is 51.1 Å². The fourth-order valence-electron chi connectivity index (χ4n) is 1.41. The maximum atomic E-state index is 7.03. The second kappa shape index (κ2) is 7.60. The molecule has 0 saturated carbocycles. The molecule has 0 aliphatic carbocycles. The van der Waals surface area contributed by atoms with Gasteiger partial charge in [0.1, 0.15) is 0 Å². The van der Waals surface area contributed by atoms with Gasteiger partial charge in [0.25, 0.3) is 0 Å². The van der Waals surface area contributed by atoms with Gasteiger partial charge in [0.15, 0.2) is 0 Å². The normalized spacial score (nSPS) is 12.9. The van der Waals surface area contributed by atoms with Crippen LogP contribution in [-0.2, 0) is 0 Å². The van der Waals surface area contributed by atoms with Crippen molar-refractivity contribution in [3.05, 3.63) is 0 Å². The minimum atomic E-state index is 0.304. The fourth-order valence-corrected chi connectivity index (χ4v) is 1.54. The van der Waals surface area contributed by atoms with Gasteiger partial charge in [-0.05, 0) is 18.8 Å². The third kappa shape index (κ3) is 8.06. The summed E-state index contributed by atoms with van der Waals surface area (Å²) in [6.45, 7) is 4.53. The Kier molecular flexibility index (Phi) is 7.58. The molecule has 1 atom stereocenters. The first-order chi connectivity index (χ1) is 5.66. The molecule has 12 heavy (non-hydrogen) atoms. The molecule has 0 fully saturated rings. The number of hydrogen-bond acceptors (Lipinski definition) is 1. The number of rotatable bonds is 7. The molecular formula is C10H20ClN. The molecule has 0 aliphatic rings. The van der Waals surface area contributed by atoms with Crippen molar-refractivity contribution >= 4 is 16.8 Å². The Labute approximate surface area is 81.0 Å². The van der Waals surface area contributed by atoms with E-state index >= 15 is 0 Å². The monoisotopic (exact) mass is 189 g/mol. The Morgan fingerprint density at radius 3 is 2.50 bits per heavy atom. The molecule has 0 spiro atoms. The lowest BCUT2D eigenvalue weighted by molar-refractivity contribution is 0.463. The van der Waals surface area contributed by atoms with Gasteiger partial charge >= 0.3 is 0 Å². The van der Waals surface area contributed by atoms with Crippen molar-refractivity contribution in [2.45, 2.75) is 52.4 Å². The van der Waals surface area contributed by atoms with Gasteiger partial charge < -0.3 is 0 Å². The van der Waals surface area contributed by atoms with E-state index in [1.165, 1.54) is 25.7 Å². The Balaban J connectivity index is 3.13. The summed E-state index contributed by atoms with van der Waals surface area (Å²) in [5.74, 6) is 0.847. The second-order valence-corrected chi connectivity index (χ2v) is 4.00. The quantitative estimate of drug-likeness (QED) is 0.459. The van der Waals surface area contributed by atoms with E-state index in [0.717, 1.165) is 18.8 Å². The predicted octanol–water partition coefficient (Wildman–Crippen LogP) is 4.20. The van der Waals surface area contributed by atoms with Crippen LogP contribution < -0.4 is 0 Å². The molecule has 1 unspecified atom stereocenters. The highest BCUT2D eigenvalue weighted by atomic mass is 35.5. The maximum Gasteiger partial charge on any atom is 0.0968 e. The van der Waals surface area contributed by atoms with Gasteiger partial charge in [-0.3, -0.25) is 5.41 Å². The number of halogens is 1. The fraction of sp³-hybridized carbons (Fsp3) is 0.900. The van der Waals surface area contributed by atoms with Crippen LogP contribution in [0.4, 0.5) is 0 Å². The van der Waals surface area contributed by atoms with E-state index in [9.17, 15) is 0 Å². The third-order valence-corrected chi connectivity index (χ3v) is 2.31. The molecule has 0 aromatic heterocycles. The lowest BCUT2D eigenvalue weighted by Crippen LogP contribution is -1.94. The van der Waals surface area contributed by atoms with Crippen molar-refractivity contribution in [1.29, 1.82) is 5.41 Å². The zero-order chi connectivity index (χ0) is 9.40. The number of unbranched alkanes of at least 4 members (excludes halogenated alkanes) is 1. The highest BCUT2D eigenvalue weighted by molar-refractivity contribution is 6.64. The second-order valence-electron chi connectivity index (χ2n) is 3.54. The molecule has 0 bridgehead atoms. The Morgan fingerprint density at radius 1 is 1.33 bits per heavy atom. The summed E-state index contributed by atoms with van der Waals surface area (Å²) >= 11 is 5.44. The zero-order valence-electron chi connectivity index (χ0n) is 8.20. The molecule has 1 N–H and O–H groups in total. The first-order valence-electron chi connectivity index (χ1n) is 4.89. The molecule has 0 amide bonds. The van der Waals surface area contributed by atoms with Crippen LogP contribution in [0.1, 0.15) is 52.4 Å². The van der Waals surface area contributed by atoms with Crippen LogP contribution in [0.2, 0.25) is 0 Å². The highest BCUT2D eigenvalue weighted by Gasteiger charge is 2.00. The Morgan fingerprint density at radius 2 is 2.00 bits per heavy atom. The van der Waals surface area contributed by atoms with E-state index in [1.54, 1.807) is 0 Å². The highest BCUT2D eigenvalue weighted by Crippen LogP contribution is 2.14. The molecule has 1 nitrogen and oxygen atoms in total. The van der Waals surface area contributed by atoms with E-state index in [4.69, 9.17) is 17.0 Å². The predicted molar refractivity (Wildman–Crippen MR) is 56.1 cm³/mol. The van der Waals surface area contributed by atoms with Gasteiger partial charge in [-0.15, -0.1) is 0 Å². The SMILES string of the molecule is CCCC(C)CCCCC(=N)Cl. The summed E-state index contributed by atoms with van der Waals surface area (Å²) in [6, 6.07) is 0. The lowest BCUT2D eigenvalue weighted by atomic mass is 9.99. The molecule has 72 valence electrons. The average molecular weight is 190 g/mol. The molecule has 0 heterocycles. The van der Waals surface area contributed by atoms with Gasteiger partial charge in [0, 0.05) is 0 Å². The third-order valence-electron chi connectivity index (χ3n) is 2.12. The van der Waals surface area contributed by atoms with E-state index in [0.29, 0.717) is 5.17 Å². The van der Waals surface area contributed by atoms with Crippen molar-refractivity contribution in [3.8, 4) is 0 Å². The minimum absolute atomic E-state index is 0.304. The molecule has 0 saturated heterocycles. The van der Waals surface area contributed by atoms with E-state index in [1.807, 2.05) is 0 Å². The van der Waals surface area contributed by atoms with Crippen molar-refractivity contribution in [2.75, 3.05) is 0 Å². The van der Waals surface area contributed by atoms with Gasteiger partial charge in [0.05, 0.1) is 5.17 Å². The van der Waals surface area contributed by atoms with E-state index < -0.39 is 0 Å². The summed E-state index contributed by atoms with van der Waals surface area (Å²) in [6.07, 6.45) is 6.97. The Bertz CT molecular complexity index is 123. The molecule has 0 radical (unpaired) electrons. The summed E-state index contributed by atoms with van der Waals surface area (Å²) in [7, 11) is 0. The minimum Gasteiger partial charge on any atom is -0.293 e. The first kappa shape index (κ1) is 12.0. The lowest BCUT2D eigenvalue weighted by Gasteiger charge is -2.08. The van der Waals surface area contributed by atoms with Crippen LogP contribution in [0.3, 0.4) is 0 Å². The average Bonchev–Trinajstić information content (AvgIpc) is 1.98. The van der Waals surface area contributed by atoms with Crippen molar-refractivity contribution < 1.29 is 0 Å². The molecule has 0 rings (SSSR count). The molecule has 0 aromatic rings. The smallest absolute Gasteiger partial charge is 0.0968 e. The summed E-state index contributed by atoms with van der Waals surface area (Å²) in [4.78, 5) is 0. The molecular weight excluding hydrogens is 170 g/mol. The summed E-state index contributed by atoms with van der Waals surface area (Å²) in [5.41, 5.74) is 0. The van der Waals surface area contributed by atoms with Gasteiger partial charge in [-0.2, -0.15) is 0 Å². The summed E-state index contributed by atoms with van der Waals surface area (Å²) in [5, 5.41) is 7.33. The van der Waals surface area contributed by atoms with Crippen LogP contribution in [0.25, 0.3) is 0 Å². The molecule has 2 heteroatoms. The van der Waals surface area contributed by atoms with Gasteiger partial charge in [-0.25, -0.2) is 0 Å². The zero-order valence-corrected chi connectivity index (χ0v) is 8.95. The molecule has 0 aromatic carbocycles. The Hall–Kier alpha value is -0.0400. The van der Waals surface area contributed by atoms with Crippen LogP contribution in [0, 0.1) is 11.3 Å². The number of nitrogens with one attached hydrogen (secondary N) is 1. The largest absolute Gasteiger partial charge is 0.293 e. The molecule has 0 aliphatic heterocycles. The van der Waals surface area contributed by atoms with E-state index in [2.05, 4.69) is 13.8 Å². The van der Waals surface area contributed by atoms with Crippen molar-refractivity contribution in [3.63, 3.8) is 0 Å². The van der Waals surface area contributed by atoms with Crippen LogP contribution in [0.5, 0.6) is 0 Å².